The molecule has 9 heteroatoms. The van der Waals surface area contributed by atoms with Crippen LogP contribution in [-0.4, -0.2) is 43.0 Å². The number of hydrogen-bond acceptors (Lipinski definition) is 4. The molecule has 3 aromatic carbocycles. The standard InChI is InChI=1S/C28H32BrFN4O3/c1-4-19-18-23(27(35)31-16-17-34(5-2)6-3)25(30)24(29)26(19)33-28(36)32-20-12-14-22(15-13-20)37-21-10-8-7-9-11-21/h7-15,18H,4-6,16-17H2,1-3H3,(H,31,35)(H2,32,33,36). The summed E-state index contributed by atoms with van der Waals surface area (Å²) in [7, 11) is 0. The number of hydrogen-bond donors (Lipinski definition) is 3. The topological polar surface area (TPSA) is 82.7 Å². The highest BCUT2D eigenvalue weighted by Gasteiger charge is 2.21. The fourth-order valence-electron chi connectivity index (χ4n) is 3.73. The van der Waals surface area contributed by atoms with Crippen LogP contribution in [0.3, 0.4) is 0 Å². The lowest BCUT2D eigenvalue weighted by molar-refractivity contribution is 0.0944. The summed E-state index contributed by atoms with van der Waals surface area (Å²) in [6, 6.07) is 17.2. The third-order valence-corrected chi connectivity index (χ3v) is 6.60. The average Bonchev–Trinajstić information content (AvgIpc) is 2.91. The first kappa shape index (κ1) is 28.1. The lowest BCUT2D eigenvalue weighted by Gasteiger charge is -2.19. The minimum absolute atomic E-state index is 0.0301. The quantitative estimate of drug-likeness (QED) is 0.241. The van der Waals surface area contributed by atoms with Crippen molar-refractivity contribution in [3.8, 4) is 11.5 Å². The number of nitrogens with one attached hydrogen (secondary N) is 3. The van der Waals surface area contributed by atoms with E-state index in [0.29, 0.717) is 42.3 Å². The number of urea groups is 1. The number of rotatable bonds is 11. The Kier molecular flexibility index (Phi) is 10.5. The number of carbonyl (C=O) groups excluding carboxylic acids is 2. The molecular weight excluding hydrogens is 539 g/mol. The zero-order chi connectivity index (χ0) is 26.8. The molecule has 3 amide bonds. The molecule has 7 nitrogen and oxygen atoms in total. The van der Waals surface area contributed by atoms with Gasteiger partial charge < -0.3 is 25.6 Å². The maximum Gasteiger partial charge on any atom is 0.323 e. The van der Waals surface area contributed by atoms with Gasteiger partial charge in [-0.1, -0.05) is 39.0 Å². The van der Waals surface area contributed by atoms with E-state index in [1.807, 2.05) is 51.1 Å². The normalized spacial score (nSPS) is 10.8. The molecule has 0 bridgehead atoms. The number of halogens is 2. The van der Waals surface area contributed by atoms with E-state index in [-0.39, 0.29) is 15.7 Å². The smallest absolute Gasteiger partial charge is 0.323 e. The Morgan fingerprint density at radius 1 is 0.946 bits per heavy atom. The van der Waals surface area contributed by atoms with E-state index in [1.54, 1.807) is 24.3 Å². The largest absolute Gasteiger partial charge is 0.457 e. The van der Waals surface area contributed by atoms with Crippen LogP contribution in [0.15, 0.2) is 65.1 Å². The van der Waals surface area contributed by atoms with Gasteiger partial charge in [0.2, 0.25) is 0 Å². The van der Waals surface area contributed by atoms with Crippen LogP contribution >= 0.6 is 15.9 Å². The Hall–Kier alpha value is -3.43. The van der Waals surface area contributed by atoms with Gasteiger partial charge >= 0.3 is 6.03 Å². The minimum Gasteiger partial charge on any atom is -0.457 e. The predicted molar refractivity (Wildman–Crippen MR) is 149 cm³/mol. The first-order valence-corrected chi connectivity index (χ1v) is 13.1. The molecule has 0 unspecified atom stereocenters. The summed E-state index contributed by atoms with van der Waals surface area (Å²) in [6.07, 6.45) is 0.486. The SMILES string of the molecule is CCc1cc(C(=O)NCCN(CC)CC)c(F)c(Br)c1NC(=O)Nc1ccc(Oc2ccccc2)cc1. The highest BCUT2D eigenvalue weighted by molar-refractivity contribution is 9.10. The van der Waals surface area contributed by atoms with Gasteiger partial charge in [0.1, 0.15) is 11.5 Å². The molecule has 0 heterocycles. The molecule has 0 spiro atoms. The molecule has 3 aromatic rings. The molecular formula is C28H32BrFN4O3. The molecule has 196 valence electrons. The summed E-state index contributed by atoms with van der Waals surface area (Å²) in [4.78, 5) is 27.5. The molecule has 3 N–H and O–H groups in total. The van der Waals surface area contributed by atoms with Crippen LogP contribution in [0.4, 0.5) is 20.6 Å². The van der Waals surface area contributed by atoms with E-state index in [2.05, 4.69) is 36.8 Å². The Morgan fingerprint density at radius 2 is 1.59 bits per heavy atom. The van der Waals surface area contributed by atoms with Crippen molar-refractivity contribution in [1.82, 2.24) is 10.2 Å². The van der Waals surface area contributed by atoms with Gasteiger partial charge in [-0.15, -0.1) is 0 Å². The van der Waals surface area contributed by atoms with Gasteiger partial charge in [-0.05, 0) is 83.5 Å². The molecule has 0 radical (unpaired) electrons. The van der Waals surface area contributed by atoms with Crippen molar-refractivity contribution in [2.45, 2.75) is 27.2 Å². The van der Waals surface area contributed by atoms with Crippen molar-refractivity contribution in [3.63, 3.8) is 0 Å². The summed E-state index contributed by atoms with van der Waals surface area (Å²) in [6.45, 7) is 8.81. The van der Waals surface area contributed by atoms with Crippen LogP contribution < -0.4 is 20.7 Å². The van der Waals surface area contributed by atoms with Gasteiger partial charge in [0, 0.05) is 18.8 Å². The number of carbonyl (C=O) groups is 2. The maximum atomic E-state index is 15.1. The molecule has 37 heavy (non-hydrogen) atoms. The second-order valence-electron chi connectivity index (χ2n) is 8.24. The molecule has 3 rings (SSSR count). The molecule has 0 aromatic heterocycles. The van der Waals surface area contributed by atoms with Crippen molar-refractivity contribution in [2.75, 3.05) is 36.8 Å². The van der Waals surface area contributed by atoms with Gasteiger partial charge in [0.05, 0.1) is 15.7 Å². The van der Waals surface area contributed by atoms with Crippen molar-refractivity contribution in [3.05, 3.63) is 82.1 Å². The monoisotopic (exact) mass is 570 g/mol. The summed E-state index contributed by atoms with van der Waals surface area (Å²) in [5.41, 5.74) is 1.38. The van der Waals surface area contributed by atoms with E-state index >= 15 is 4.39 Å². The van der Waals surface area contributed by atoms with E-state index < -0.39 is 17.8 Å². The lowest BCUT2D eigenvalue weighted by atomic mass is 10.0. The number of nitrogens with zero attached hydrogens (tertiary/aromatic N) is 1. The number of benzene rings is 3. The summed E-state index contributed by atoms with van der Waals surface area (Å²) in [5, 5.41) is 8.22. The van der Waals surface area contributed by atoms with E-state index in [0.717, 1.165) is 13.1 Å². The zero-order valence-corrected chi connectivity index (χ0v) is 22.8. The Morgan fingerprint density at radius 3 is 2.22 bits per heavy atom. The highest BCUT2D eigenvalue weighted by Crippen LogP contribution is 2.33. The van der Waals surface area contributed by atoms with Crippen LogP contribution in [0.2, 0.25) is 0 Å². The Balaban J connectivity index is 1.66. The number of aryl methyl sites for hydroxylation is 1. The van der Waals surface area contributed by atoms with Gasteiger partial charge in [-0.3, -0.25) is 4.79 Å². The van der Waals surface area contributed by atoms with E-state index in [4.69, 9.17) is 4.74 Å². The minimum atomic E-state index is -0.727. The molecule has 0 saturated heterocycles. The van der Waals surface area contributed by atoms with Crippen LogP contribution in [0, 0.1) is 5.82 Å². The van der Waals surface area contributed by atoms with Gasteiger partial charge in [-0.2, -0.15) is 0 Å². The molecule has 0 atom stereocenters. The maximum absolute atomic E-state index is 15.1. The molecule has 0 aliphatic heterocycles. The van der Waals surface area contributed by atoms with Crippen LogP contribution in [-0.2, 0) is 6.42 Å². The fourth-order valence-corrected chi connectivity index (χ4v) is 4.29. The van der Waals surface area contributed by atoms with Crippen molar-refractivity contribution < 1.29 is 18.7 Å². The van der Waals surface area contributed by atoms with Crippen molar-refractivity contribution in [1.29, 1.82) is 0 Å². The average molecular weight is 571 g/mol. The number of ether oxygens (including phenoxy) is 1. The van der Waals surface area contributed by atoms with Crippen LogP contribution in [0.25, 0.3) is 0 Å². The van der Waals surface area contributed by atoms with Gasteiger partial charge in [-0.25, -0.2) is 9.18 Å². The second kappa shape index (κ2) is 13.8. The van der Waals surface area contributed by atoms with Gasteiger partial charge in [0.25, 0.3) is 5.91 Å². The van der Waals surface area contributed by atoms with Crippen LogP contribution in [0.5, 0.6) is 11.5 Å². The first-order chi connectivity index (χ1) is 17.9. The highest BCUT2D eigenvalue weighted by atomic mass is 79.9. The Bertz CT molecular complexity index is 1200. The zero-order valence-electron chi connectivity index (χ0n) is 21.2. The van der Waals surface area contributed by atoms with E-state index in [1.165, 1.54) is 6.07 Å². The predicted octanol–water partition coefficient (Wildman–Crippen LogP) is 6.66. The number of anilines is 2. The third-order valence-electron chi connectivity index (χ3n) is 5.85. The molecule has 0 fully saturated rings. The fraction of sp³-hybridized carbons (Fsp3) is 0.286. The van der Waals surface area contributed by atoms with E-state index in [9.17, 15) is 9.59 Å². The van der Waals surface area contributed by atoms with Crippen LogP contribution in [0.1, 0.15) is 36.7 Å². The Labute approximate surface area is 225 Å². The molecule has 0 aliphatic rings. The first-order valence-electron chi connectivity index (χ1n) is 12.3. The van der Waals surface area contributed by atoms with Crippen molar-refractivity contribution >= 4 is 39.2 Å². The van der Waals surface area contributed by atoms with Gasteiger partial charge in [0.15, 0.2) is 5.82 Å². The number of amides is 3. The molecule has 0 saturated carbocycles. The number of para-hydroxylation sites is 1. The summed E-state index contributed by atoms with van der Waals surface area (Å²) >= 11 is 3.24. The van der Waals surface area contributed by atoms with Crippen molar-refractivity contribution in [2.24, 2.45) is 0 Å². The number of likely N-dealkylation sites (N-methyl/N-ethyl adjacent to an activating group) is 1. The summed E-state index contributed by atoms with van der Waals surface area (Å²) in [5.74, 6) is 0.117. The second-order valence-corrected chi connectivity index (χ2v) is 9.03. The molecule has 0 aliphatic carbocycles. The lowest BCUT2D eigenvalue weighted by Crippen LogP contribution is -2.35. The third kappa shape index (κ3) is 7.77. The summed E-state index contributed by atoms with van der Waals surface area (Å²) < 4.78 is 20.9.